The second-order valence-electron chi connectivity index (χ2n) is 4.03. The van der Waals surface area contributed by atoms with Crippen LogP contribution in [0.4, 0.5) is 0 Å². The van der Waals surface area contributed by atoms with Crippen LogP contribution in [-0.4, -0.2) is 28.6 Å². The van der Waals surface area contributed by atoms with Crippen molar-refractivity contribution in [3.63, 3.8) is 0 Å². The van der Waals surface area contributed by atoms with E-state index in [2.05, 4.69) is 0 Å². The Hall–Kier alpha value is -0.990. The Kier molecular flexibility index (Phi) is 1.71. The molecule has 1 atom stereocenters. The van der Waals surface area contributed by atoms with Gasteiger partial charge in [-0.1, -0.05) is 19.9 Å². The van der Waals surface area contributed by atoms with Crippen LogP contribution in [0.1, 0.15) is 20.8 Å². The quantitative estimate of drug-likeness (QED) is 0.643. The maximum absolute atomic E-state index is 11.1. The standard InChI is InChI=1S/C9H15NO2/c1-8(2)5-6-10(4)9(8,3)7(11)12/h5-6H,1-4H3,(H,11,12). The van der Waals surface area contributed by atoms with Gasteiger partial charge in [-0.3, -0.25) is 0 Å². The normalized spacial score (nSPS) is 32.5. The first kappa shape index (κ1) is 9.10. The molecule has 0 bridgehead atoms. The van der Waals surface area contributed by atoms with Crippen LogP contribution in [0.15, 0.2) is 12.3 Å². The van der Waals surface area contributed by atoms with Gasteiger partial charge in [-0.2, -0.15) is 0 Å². The summed E-state index contributed by atoms with van der Waals surface area (Å²) in [6.07, 6.45) is 3.76. The number of nitrogens with zero attached hydrogens (tertiary/aromatic N) is 1. The molecular weight excluding hydrogens is 154 g/mol. The van der Waals surface area contributed by atoms with Crippen LogP contribution in [0.25, 0.3) is 0 Å². The number of hydrogen-bond acceptors (Lipinski definition) is 2. The fourth-order valence-electron chi connectivity index (χ4n) is 1.49. The Morgan fingerprint density at radius 3 is 2.08 bits per heavy atom. The SMILES string of the molecule is CN1C=CC(C)(C)C1(C)C(=O)O. The lowest BCUT2D eigenvalue weighted by Gasteiger charge is -2.39. The number of carbonyl (C=O) groups is 1. The predicted octanol–water partition coefficient (Wildman–Crippen LogP) is 1.31. The molecule has 1 unspecified atom stereocenters. The fraction of sp³-hybridized carbons (Fsp3) is 0.667. The molecule has 0 spiro atoms. The number of carboxylic acid groups (broad SMARTS) is 1. The smallest absolute Gasteiger partial charge is 0.330 e. The molecule has 3 nitrogen and oxygen atoms in total. The van der Waals surface area contributed by atoms with Crippen molar-refractivity contribution in [1.82, 2.24) is 4.90 Å². The summed E-state index contributed by atoms with van der Waals surface area (Å²) >= 11 is 0. The molecule has 0 amide bonds. The highest BCUT2D eigenvalue weighted by atomic mass is 16.4. The maximum atomic E-state index is 11.1. The summed E-state index contributed by atoms with van der Waals surface area (Å²) in [5.41, 5.74) is -1.12. The molecule has 1 aliphatic rings. The van der Waals surface area contributed by atoms with E-state index in [9.17, 15) is 4.79 Å². The highest BCUT2D eigenvalue weighted by Gasteiger charge is 2.51. The molecule has 0 aromatic rings. The zero-order valence-corrected chi connectivity index (χ0v) is 7.96. The molecule has 0 aromatic heterocycles. The summed E-state index contributed by atoms with van der Waals surface area (Å²) in [6.45, 7) is 5.61. The summed E-state index contributed by atoms with van der Waals surface area (Å²) in [4.78, 5) is 12.8. The zero-order chi connectivity index (χ0) is 9.57. The summed E-state index contributed by atoms with van der Waals surface area (Å²) in [5.74, 6) is -0.778. The third-order valence-corrected chi connectivity index (χ3v) is 3.09. The Morgan fingerprint density at radius 2 is 1.92 bits per heavy atom. The summed E-state index contributed by atoms with van der Waals surface area (Å²) in [6, 6.07) is 0. The summed E-state index contributed by atoms with van der Waals surface area (Å²) < 4.78 is 0. The summed E-state index contributed by atoms with van der Waals surface area (Å²) in [7, 11) is 1.79. The Balaban J connectivity index is 3.12. The van der Waals surface area contributed by atoms with Gasteiger partial charge in [0, 0.05) is 12.5 Å². The van der Waals surface area contributed by atoms with Crippen molar-refractivity contribution < 1.29 is 9.90 Å². The van der Waals surface area contributed by atoms with Gasteiger partial charge in [-0.25, -0.2) is 4.79 Å². The molecule has 0 aliphatic carbocycles. The average Bonchev–Trinajstić information content (AvgIpc) is 2.15. The Morgan fingerprint density at radius 1 is 1.42 bits per heavy atom. The van der Waals surface area contributed by atoms with Gasteiger partial charge in [0.15, 0.2) is 0 Å². The molecule has 1 N–H and O–H groups in total. The second-order valence-corrected chi connectivity index (χ2v) is 4.03. The van der Waals surface area contributed by atoms with Gasteiger partial charge in [-0.05, 0) is 13.1 Å². The van der Waals surface area contributed by atoms with Crippen LogP contribution >= 0.6 is 0 Å². The summed E-state index contributed by atoms with van der Waals surface area (Å²) in [5, 5.41) is 9.10. The van der Waals surface area contributed by atoms with E-state index in [0.29, 0.717) is 0 Å². The number of hydrogen-bond donors (Lipinski definition) is 1. The molecule has 1 heterocycles. The largest absolute Gasteiger partial charge is 0.479 e. The highest BCUT2D eigenvalue weighted by Crippen LogP contribution is 2.41. The van der Waals surface area contributed by atoms with Crippen molar-refractivity contribution in [3.05, 3.63) is 12.3 Å². The second kappa shape index (κ2) is 2.25. The zero-order valence-electron chi connectivity index (χ0n) is 7.96. The van der Waals surface area contributed by atoms with E-state index in [0.717, 1.165) is 0 Å². The number of aliphatic carboxylic acids is 1. The van der Waals surface area contributed by atoms with Gasteiger partial charge in [0.1, 0.15) is 5.54 Å². The molecule has 1 rings (SSSR count). The van der Waals surface area contributed by atoms with Crippen molar-refractivity contribution in [1.29, 1.82) is 0 Å². The maximum Gasteiger partial charge on any atom is 0.330 e. The van der Waals surface area contributed by atoms with Crippen LogP contribution in [0.3, 0.4) is 0 Å². The van der Waals surface area contributed by atoms with Crippen LogP contribution in [0.2, 0.25) is 0 Å². The average molecular weight is 169 g/mol. The van der Waals surface area contributed by atoms with Crippen LogP contribution in [-0.2, 0) is 4.79 Å². The first-order chi connectivity index (χ1) is 5.32. The molecule has 68 valence electrons. The molecule has 0 fully saturated rings. The molecular formula is C9H15NO2. The van der Waals surface area contributed by atoms with Gasteiger partial charge in [0.25, 0.3) is 0 Å². The highest BCUT2D eigenvalue weighted by molar-refractivity contribution is 5.80. The molecule has 3 heteroatoms. The van der Waals surface area contributed by atoms with E-state index in [1.165, 1.54) is 0 Å². The van der Waals surface area contributed by atoms with Gasteiger partial charge in [-0.15, -0.1) is 0 Å². The fourth-order valence-corrected chi connectivity index (χ4v) is 1.49. The van der Waals surface area contributed by atoms with Crippen molar-refractivity contribution in [3.8, 4) is 0 Å². The molecule has 1 aliphatic heterocycles. The first-order valence-electron chi connectivity index (χ1n) is 3.98. The minimum Gasteiger partial charge on any atom is -0.479 e. The van der Waals surface area contributed by atoms with Gasteiger partial charge >= 0.3 is 5.97 Å². The Bertz CT molecular complexity index is 245. The number of rotatable bonds is 1. The monoisotopic (exact) mass is 169 g/mol. The predicted molar refractivity (Wildman–Crippen MR) is 46.7 cm³/mol. The lowest BCUT2D eigenvalue weighted by molar-refractivity contribution is -0.152. The van der Waals surface area contributed by atoms with Crippen molar-refractivity contribution in [2.24, 2.45) is 5.41 Å². The lowest BCUT2D eigenvalue weighted by Crippen LogP contribution is -2.54. The van der Waals surface area contributed by atoms with Gasteiger partial charge < -0.3 is 10.0 Å². The third kappa shape index (κ3) is 0.854. The van der Waals surface area contributed by atoms with Crippen LogP contribution in [0.5, 0.6) is 0 Å². The topological polar surface area (TPSA) is 40.5 Å². The van der Waals surface area contributed by atoms with Gasteiger partial charge in [0.05, 0.1) is 0 Å². The van der Waals surface area contributed by atoms with E-state index >= 15 is 0 Å². The molecule has 12 heavy (non-hydrogen) atoms. The van der Waals surface area contributed by atoms with Crippen LogP contribution < -0.4 is 0 Å². The minimum absolute atomic E-state index is 0.312. The van der Waals surface area contributed by atoms with E-state index < -0.39 is 11.5 Å². The van der Waals surface area contributed by atoms with E-state index in [4.69, 9.17) is 5.11 Å². The van der Waals surface area contributed by atoms with Crippen molar-refractivity contribution >= 4 is 5.97 Å². The molecule has 0 aromatic carbocycles. The molecule has 0 radical (unpaired) electrons. The van der Waals surface area contributed by atoms with E-state index in [1.807, 2.05) is 26.1 Å². The van der Waals surface area contributed by atoms with Crippen molar-refractivity contribution in [2.75, 3.05) is 7.05 Å². The van der Waals surface area contributed by atoms with Gasteiger partial charge in [0.2, 0.25) is 0 Å². The minimum atomic E-state index is -0.812. The first-order valence-corrected chi connectivity index (χ1v) is 3.98. The lowest BCUT2D eigenvalue weighted by atomic mass is 9.75. The van der Waals surface area contributed by atoms with E-state index in [1.54, 1.807) is 18.9 Å². The third-order valence-electron chi connectivity index (χ3n) is 3.09. The Labute approximate surface area is 72.7 Å². The van der Waals surface area contributed by atoms with Crippen LogP contribution in [0, 0.1) is 5.41 Å². The molecule has 0 saturated carbocycles. The van der Waals surface area contributed by atoms with E-state index in [-0.39, 0.29) is 5.41 Å². The van der Waals surface area contributed by atoms with Crippen molar-refractivity contribution in [2.45, 2.75) is 26.3 Å². The number of carboxylic acids is 1. The number of likely N-dealkylation sites (N-methyl/N-ethyl adjacent to an activating group) is 1. The molecule has 0 saturated heterocycles.